The summed E-state index contributed by atoms with van der Waals surface area (Å²) in [5.74, 6) is -0.605. The monoisotopic (exact) mass is 388 g/mol. The Kier molecular flexibility index (Phi) is 4.85. The molecule has 2 rings (SSSR count). The maximum atomic E-state index is 12.3. The highest BCUT2D eigenvalue weighted by atomic mass is 127. The molecule has 2 atom stereocenters. The van der Waals surface area contributed by atoms with Crippen LogP contribution in [0.3, 0.4) is 0 Å². The summed E-state index contributed by atoms with van der Waals surface area (Å²) in [7, 11) is 0. The van der Waals surface area contributed by atoms with E-state index < -0.39 is 12.0 Å². The van der Waals surface area contributed by atoms with Crippen LogP contribution < -0.4 is 5.32 Å². The Bertz CT molecular complexity index is 521. The second kappa shape index (κ2) is 6.43. The molecule has 5 nitrogen and oxygen atoms in total. The number of anilines is 1. The van der Waals surface area contributed by atoms with Gasteiger partial charge in [0.25, 0.3) is 0 Å². The lowest BCUT2D eigenvalue weighted by molar-refractivity contribution is -0.143. The highest BCUT2D eigenvalue weighted by Gasteiger charge is 2.34. The zero-order valence-corrected chi connectivity index (χ0v) is 13.3. The molecule has 1 fully saturated rings. The second-order valence-electron chi connectivity index (χ2n) is 5.09. The van der Waals surface area contributed by atoms with Gasteiger partial charge in [0.2, 0.25) is 0 Å². The lowest BCUT2D eigenvalue weighted by Crippen LogP contribution is -2.51. The molecule has 0 aliphatic carbocycles. The molecular formula is C14H17IN2O3. The zero-order chi connectivity index (χ0) is 14.7. The third-order valence-corrected chi connectivity index (χ3v) is 4.47. The molecule has 2 unspecified atom stereocenters. The number of benzene rings is 1. The Morgan fingerprint density at radius 3 is 2.75 bits per heavy atom. The van der Waals surface area contributed by atoms with Crippen molar-refractivity contribution in [2.75, 3.05) is 11.9 Å². The molecule has 108 valence electrons. The first-order valence-corrected chi connectivity index (χ1v) is 7.62. The van der Waals surface area contributed by atoms with Gasteiger partial charge in [-0.2, -0.15) is 0 Å². The minimum atomic E-state index is -0.936. The van der Waals surface area contributed by atoms with E-state index in [1.807, 2.05) is 31.2 Å². The van der Waals surface area contributed by atoms with Crippen LogP contribution in [0.5, 0.6) is 0 Å². The molecule has 6 heteroatoms. The maximum absolute atomic E-state index is 12.3. The average Bonchev–Trinajstić information content (AvgIpc) is 2.41. The van der Waals surface area contributed by atoms with E-state index in [1.54, 1.807) is 0 Å². The Morgan fingerprint density at radius 2 is 2.10 bits per heavy atom. The summed E-state index contributed by atoms with van der Waals surface area (Å²) in [6.45, 7) is 2.50. The summed E-state index contributed by atoms with van der Waals surface area (Å²) < 4.78 is 0.927. The normalized spacial score (nSPS) is 22.4. The number of halogens is 1. The van der Waals surface area contributed by atoms with Crippen LogP contribution >= 0.6 is 22.6 Å². The van der Waals surface area contributed by atoms with Crippen LogP contribution in [0.2, 0.25) is 0 Å². The van der Waals surface area contributed by atoms with Gasteiger partial charge in [-0.25, -0.2) is 9.59 Å². The number of piperidine rings is 1. The Hall–Kier alpha value is -1.31. The van der Waals surface area contributed by atoms with Gasteiger partial charge in [-0.05, 0) is 53.5 Å². The van der Waals surface area contributed by atoms with Crippen molar-refractivity contribution in [3.8, 4) is 0 Å². The third kappa shape index (κ3) is 3.41. The molecule has 1 saturated heterocycles. The van der Waals surface area contributed by atoms with Gasteiger partial charge in [0.1, 0.15) is 6.04 Å². The number of urea groups is 1. The van der Waals surface area contributed by atoms with Gasteiger partial charge in [-0.3, -0.25) is 0 Å². The summed E-state index contributed by atoms with van der Waals surface area (Å²) in [4.78, 5) is 25.0. The summed E-state index contributed by atoms with van der Waals surface area (Å²) >= 11 is 2.14. The second-order valence-corrected chi connectivity index (χ2v) is 6.25. The standard InChI is InChI=1S/C14H17IN2O3/c1-9-6-7-17(12(8-9)13(18)19)14(20)16-11-5-3-2-4-10(11)15/h2-5,9,12H,6-8H2,1H3,(H,16,20)(H,18,19). The molecular weight excluding hydrogens is 371 g/mol. The van der Waals surface area contributed by atoms with Gasteiger partial charge < -0.3 is 15.3 Å². The van der Waals surface area contributed by atoms with Crippen LogP contribution in [-0.4, -0.2) is 34.6 Å². The van der Waals surface area contributed by atoms with Crippen molar-refractivity contribution in [3.05, 3.63) is 27.8 Å². The van der Waals surface area contributed by atoms with Crippen molar-refractivity contribution >= 4 is 40.3 Å². The molecule has 0 saturated carbocycles. The molecule has 2 amide bonds. The number of amides is 2. The van der Waals surface area contributed by atoms with E-state index in [1.165, 1.54) is 4.90 Å². The quantitative estimate of drug-likeness (QED) is 0.766. The molecule has 0 bridgehead atoms. The minimum Gasteiger partial charge on any atom is -0.480 e. The largest absolute Gasteiger partial charge is 0.480 e. The van der Waals surface area contributed by atoms with E-state index in [0.717, 1.165) is 9.99 Å². The number of para-hydroxylation sites is 1. The number of rotatable bonds is 2. The van der Waals surface area contributed by atoms with E-state index in [4.69, 9.17) is 0 Å². The first kappa shape index (κ1) is 15.1. The average molecular weight is 388 g/mol. The third-order valence-electron chi connectivity index (χ3n) is 3.53. The molecule has 1 aliphatic heterocycles. The van der Waals surface area contributed by atoms with Crippen molar-refractivity contribution in [1.29, 1.82) is 0 Å². The molecule has 1 aromatic rings. The van der Waals surface area contributed by atoms with Crippen LogP contribution in [0.1, 0.15) is 19.8 Å². The fourth-order valence-electron chi connectivity index (χ4n) is 2.37. The van der Waals surface area contributed by atoms with Crippen LogP contribution in [0, 0.1) is 9.49 Å². The van der Waals surface area contributed by atoms with E-state index >= 15 is 0 Å². The molecule has 1 heterocycles. The molecule has 1 aromatic carbocycles. The number of carboxylic acids is 1. The number of hydrogen-bond donors (Lipinski definition) is 2. The molecule has 2 N–H and O–H groups in total. The van der Waals surface area contributed by atoms with Gasteiger partial charge in [0.05, 0.1) is 5.69 Å². The topological polar surface area (TPSA) is 69.6 Å². The van der Waals surface area contributed by atoms with Crippen molar-refractivity contribution in [2.24, 2.45) is 5.92 Å². The number of carbonyl (C=O) groups excluding carboxylic acids is 1. The maximum Gasteiger partial charge on any atom is 0.326 e. The van der Waals surface area contributed by atoms with Gasteiger partial charge in [0, 0.05) is 10.1 Å². The Labute approximate surface area is 131 Å². The zero-order valence-electron chi connectivity index (χ0n) is 11.2. The van der Waals surface area contributed by atoms with E-state index in [0.29, 0.717) is 24.6 Å². The molecule has 20 heavy (non-hydrogen) atoms. The summed E-state index contributed by atoms with van der Waals surface area (Å²) in [6.07, 6.45) is 1.34. The van der Waals surface area contributed by atoms with E-state index in [-0.39, 0.29) is 6.03 Å². The first-order valence-electron chi connectivity index (χ1n) is 6.54. The first-order chi connectivity index (χ1) is 9.49. The van der Waals surface area contributed by atoms with E-state index in [9.17, 15) is 14.7 Å². The Balaban J connectivity index is 2.11. The minimum absolute atomic E-state index is 0.331. The van der Waals surface area contributed by atoms with E-state index in [2.05, 4.69) is 27.9 Å². The van der Waals surface area contributed by atoms with Crippen molar-refractivity contribution in [1.82, 2.24) is 4.90 Å². The van der Waals surface area contributed by atoms with Crippen LogP contribution in [0.4, 0.5) is 10.5 Å². The molecule has 0 aromatic heterocycles. The molecule has 0 spiro atoms. The number of nitrogens with zero attached hydrogens (tertiary/aromatic N) is 1. The highest BCUT2D eigenvalue weighted by molar-refractivity contribution is 14.1. The SMILES string of the molecule is CC1CCN(C(=O)Nc2ccccc2I)C(C(=O)O)C1. The fourth-order valence-corrected chi connectivity index (χ4v) is 2.89. The Morgan fingerprint density at radius 1 is 1.40 bits per heavy atom. The van der Waals surface area contributed by atoms with Crippen molar-refractivity contribution < 1.29 is 14.7 Å². The number of hydrogen-bond acceptors (Lipinski definition) is 2. The van der Waals surface area contributed by atoms with Crippen molar-refractivity contribution in [3.63, 3.8) is 0 Å². The lowest BCUT2D eigenvalue weighted by Gasteiger charge is -2.35. The van der Waals surface area contributed by atoms with Crippen LogP contribution in [0.25, 0.3) is 0 Å². The number of likely N-dealkylation sites (tertiary alicyclic amines) is 1. The number of aliphatic carboxylic acids is 1. The van der Waals surface area contributed by atoms with Crippen LogP contribution in [0.15, 0.2) is 24.3 Å². The number of carboxylic acid groups (broad SMARTS) is 1. The number of nitrogens with one attached hydrogen (secondary N) is 1. The van der Waals surface area contributed by atoms with Crippen LogP contribution in [-0.2, 0) is 4.79 Å². The smallest absolute Gasteiger partial charge is 0.326 e. The fraction of sp³-hybridized carbons (Fsp3) is 0.429. The van der Waals surface area contributed by atoms with Gasteiger partial charge in [-0.1, -0.05) is 19.1 Å². The predicted octanol–water partition coefficient (Wildman–Crippen LogP) is 3.01. The number of carbonyl (C=O) groups is 2. The molecule has 0 radical (unpaired) electrons. The predicted molar refractivity (Wildman–Crippen MR) is 84.7 cm³/mol. The summed E-state index contributed by atoms with van der Waals surface area (Å²) in [6, 6.07) is 6.35. The van der Waals surface area contributed by atoms with Gasteiger partial charge >= 0.3 is 12.0 Å². The van der Waals surface area contributed by atoms with Gasteiger partial charge in [0.15, 0.2) is 0 Å². The summed E-state index contributed by atoms with van der Waals surface area (Å²) in [5, 5.41) is 12.1. The molecule has 1 aliphatic rings. The summed E-state index contributed by atoms with van der Waals surface area (Å²) in [5.41, 5.74) is 0.709. The van der Waals surface area contributed by atoms with Crippen molar-refractivity contribution in [2.45, 2.75) is 25.8 Å². The highest BCUT2D eigenvalue weighted by Crippen LogP contribution is 2.24. The lowest BCUT2D eigenvalue weighted by atomic mass is 9.93. The van der Waals surface area contributed by atoms with Gasteiger partial charge in [-0.15, -0.1) is 0 Å².